The van der Waals surface area contributed by atoms with Crippen molar-refractivity contribution in [2.75, 3.05) is 19.7 Å². The molecule has 1 aromatic rings. The molecule has 1 aliphatic rings. The van der Waals surface area contributed by atoms with Crippen LogP contribution < -0.4 is 5.32 Å². The van der Waals surface area contributed by atoms with Gasteiger partial charge in [-0.3, -0.25) is 0 Å². The summed E-state index contributed by atoms with van der Waals surface area (Å²) in [5.74, 6) is 0.428. The Labute approximate surface area is 89.4 Å². The van der Waals surface area contributed by atoms with E-state index in [4.69, 9.17) is 4.74 Å². The summed E-state index contributed by atoms with van der Waals surface area (Å²) in [6, 6.07) is 6.57. The Bertz CT molecular complexity index is 310. The summed E-state index contributed by atoms with van der Waals surface area (Å²) in [5, 5.41) is 3.29. The van der Waals surface area contributed by atoms with Crippen LogP contribution in [0.5, 0.6) is 0 Å². The molecule has 2 rings (SSSR count). The molecule has 1 fully saturated rings. The van der Waals surface area contributed by atoms with Gasteiger partial charge in [0.1, 0.15) is 5.82 Å². The fourth-order valence-corrected chi connectivity index (χ4v) is 1.83. The smallest absolute Gasteiger partial charge is 0.123 e. The maximum Gasteiger partial charge on any atom is 0.123 e. The van der Waals surface area contributed by atoms with Crippen LogP contribution in [0.15, 0.2) is 24.3 Å². The van der Waals surface area contributed by atoms with Crippen LogP contribution in [0.4, 0.5) is 4.39 Å². The molecular formula is C12H16FNO. The first kappa shape index (κ1) is 10.6. The van der Waals surface area contributed by atoms with E-state index >= 15 is 0 Å². The molecular weight excluding hydrogens is 193 g/mol. The first-order chi connectivity index (χ1) is 7.34. The summed E-state index contributed by atoms with van der Waals surface area (Å²) in [5.41, 5.74) is 0.904. The van der Waals surface area contributed by atoms with E-state index in [0.29, 0.717) is 12.5 Å². The van der Waals surface area contributed by atoms with E-state index < -0.39 is 0 Å². The molecule has 1 saturated heterocycles. The van der Waals surface area contributed by atoms with Crippen LogP contribution >= 0.6 is 0 Å². The lowest BCUT2D eigenvalue weighted by atomic mass is 10.1. The predicted molar refractivity (Wildman–Crippen MR) is 57.0 cm³/mol. The molecule has 1 heterocycles. The zero-order chi connectivity index (χ0) is 10.5. The van der Waals surface area contributed by atoms with E-state index in [9.17, 15) is 4.39 Å². The average molecular weight is 209 g/mol. The predicted octanol–water partition coefficient (Wildman–Crippen LogP) is 1.95. The maximum absolute atomic E-state index is 12.8. The number of halogens is 1. The lowest BCUT2D eigenvalue weighted by Gasteiger charge is -2.09. The summed E-state index contributed by atoms with van der Waals surface area (Å²) in [6.07, 6.45) is 1.18. The molecule has 0 spiro atoms. The molecule has 1 atom stereocenters. The van der Waals surface area contributed by atoms with Crippen molar-refractivity contribution >= 4 is 0 Å². The standard InChI is InChI=1S/C12H16FNO/c13-12-3-1-2-10(6-12)8-15-9-11-4-5-14-7-11/h1-3,6,11,14H,4-5,7-9H2/t11-/m1/s1. The minimum Gasteiger partial charge on any atom is -0.376 e. The highest BCUT2D eigenvalue weighted by Crippen LogP contribution is 2.10. The van der Waals surface area contributed by atoms with Crippen molar-refractivity contribution in [3.8, 4) is 0 Å². The van der Waals surface area contributed by atoms with E-state index in [-0.39, 0.29) is 5.82 Å². The molecule has 0 aliphatic carbocycles. The summed E-state index contributed by atoms with van der Waals surface area (Å²) in [7, 11) is 0. The quantitative estimate of drug-likeness (QED) is 0.818. The highest BCUT2D eigenvalue weighted by molar-refractivity contribution is 5.15. The monoisotopic (exact) mass is 209 g/mol. The second-order valence-electron chi connectivity index (χ2n) is 4.00. The van der Waals surface area contributed by atoms with Crippen LogP contribution in [0.1, 0.15) is 12.0 Å². The number of hydrogen-bond acceptors (Lipinski definition) is 2. The topological polar surface area (TPSA) is 21.3 Å². The Morgan fingerprint density at radius 1 is 1.47 bits per heavy atom. The van der Waals surface area contributed by atoms with Crippen LogP contribution in [0, 0.1) is 11.7 Å². The molecule has 0 unspecified atom stereocenters. The molecule has 15 heavy (non-hydrogen) atoms. The third kappa shape index (κ3) is 3.29. The van der Waals surface area contributed by atoms with E-state index in [2.05, 4.69) is 5.32 Å². The van der Waals surface area contributed by atoms with Crippen molar-refractivity contribution in [3.05, 3.63) is 35.6 Å². The fourth-order valence-electron chi connectivity index (χ4n) is 1.83. The van der Waals surface area contributed by atoms with Gasteiger partial charge < -0.3 is 10.1 Å². The highest BCUT2D eigenvalue weighted by atomic mass is 19.1. The fraction of sp³-hybridized carbons (Fsp3) is 0.500. The molecule has 3 heteroatoms. The lowest BCUT2D eigenvalue weighted by molar-refractivity contribution is 0.0923. The molecule has 1 aliphatic heterocycles. The second-order valence-corrected chi connectivity index (χ2v) is 4.00. The van der Waals surface area contributed by atoms with E-state index in [1.54, 1.807) is 6.07 Å². The molecule has 1 N–H and O–H groups in total. The van der Waals surface area contributed by atoms with Crippen molar-refractivity contribution in [1.29, 1.82) is 0 Å². The van der Waals surface area contributed by atoms with E-state index in [0.717, 1.165) is 25.3 Å². The van der Waals surface area contributed by atoms with Gasteiger partial charge in [0, 0.05) is 6.54 Å². The Morgan fingerprint density at radius 3 is 3.13 bits per heavy atom. The van der Waals surface area contributed by atoms with Gasteiger partial charge >= 0.3 is 0 Å². The molecule has 1 aromatic carbocycles. The van der Waals surface area contributed by atoms with E-state index in [1.807, 2.05) is 6.07 Å². The Kier molecular flexibility index (Phi) is 3.69. The van der Waals surface area contributed by atoms with Gasteiger partial charge in [0.15, 0.2) is 0 Å². The van der Waals surface area contributed by atoms with Gasteiger partial charge in [0.25, 0.3) is 0 Å². The minimum atomic E-state index is -0.196. The summed E-state index contributed by atoms with van der Waals surface area (Å²) >= 11 is 0. The second kappa shape index (κ2) is 5.24. The van der Waals surface area contributed by atoms with Crippen molar-refractivity contribution in [2.24, 2.45) is 5.92 Å². The molecule has 2 nitrogen and oxygen atoms in total. The molecule has 0 bridgehead atoms. The van der Waals surface area contributed by atoms with Crippen molar-refractivity contribution < 1.29 is 9.13 Å². The summed E-state index contributed by atoms with van der Waals surface area (Å²) < 4.78 is 18.4. The number of benzene rings is 1. The van der Waals surface area contributed by atoms with Gasteiger partial charge in [-0.15, -0.1) is 0 Å². The van der Waals surface area contributed by atoms with Gasteiger partial charge in [0.05, 0.1) is 13.2 Å². The summed E-state index contributed by atoms with van der Waals surface area (Å²) in [4.78, 5) is 0. The van der Waals surface area contributed by atoms with Crippen LogP contribution in [0.25, 0.3) is 0 Å². The molecule has 0 saturated carbocycles. The summed E-state index contributed by atoms with van der Waals surface area (Å²) in [6.45, 7) is 3.41. The van der Waals surface area contributed by atoms with Gasteiger partial charge in [-0.1, -0.05) is 12.1 Å². The largest absolute Gasteiger partial charge is 0.376 e. The average Bonchev–Trinajstić information content (AvgIpc) is 2.71. The third-order valence-corrected chi connectivity index (χ3v) is 2.67. The molecule has 0 aromatic heterocycles. The zero-order valence-corrected chi connectivity index (χ0v) is 8.71. The molecule has 82 valence electrons. The van der Waals surface area contributed by atoms with Gasteiger partial charge in [0.2, 0.25) is 0 Å². The van der Waals surface area contributed by atoms with Gasteiger partial charge in [-0.2, -0.15) is 0 Å². The van der Waals surface area contributed by atoms with Gasteiger partial charge in [-0.25, -0.2) is 4.39 Å². The van der Waals surface area contributed by atoms with Crippen molar-refractivity contribution in [2.45, 2.75) is 13.0 Å². The normalized spacial score (nSPS) is 20.7. The number of nitrogens with one attached hydrogen (secondary N) is 1. The van der Waals surface area contributed by atoms with Crippen LogP contribution in [-0.2, 0) is 11.3 Å². The number of ether oxygens (including phenoxy) is 1. The van der Waals surface area contributed by atoms with Crippen LogP contribution in [0.3, 0.4) is 0 Å². The zero-order valence-electron chi connectivity index (χ0n) is 8.71. The number of rotatable bonds is 4. The first-order valence-electron chi connectivity index (χ1n) is 5.37. The van der Waals surface area contributed by atoms with Crippen molar-refractivity contribution in [3.63, 3.8) is 0 Å². The minimum absolute atomic E-state index is 0.196. The molecule has 0 amide bonds. The number of hydrogen-bond donors (Lipinski definition) is 1. The Morgan fingerprint density at radius 2 is 2.40 bits per heavy atom. The van der Waals surface area contributed by atoms with E-state index in [1.165, 1.54) is 18.6 Å². The van der Waals surface area contributed by atoms with Crippen LogP contribution in [-0.4, -0.2) is 19.7 Å². The maximum atomic E-state index is 12.8. The van der Waals surface area contributed by atoms with Gasteiger partial charge in [-0.05, 0) is 36.6 Å². The third-order valence-electron chi connectivity index (χ3n) is 2.67. The Balaban J connectivity index is 1.73. The SMILES string of the molecule is Fc1cccc(COC[C@@H]2CCNC2)c1. The highest BCUT2D eigenvalue weighted by Gasteiger charge is 2.13. The van der Waals surface area contributed by atoms with Crippen molar-refractivity contribution in [1.82, 2.24) is 5.32 Å². The first-order valence-corrected chi connectivity index (χ1v) is 5.37. The lowest BCUT2D eigenvalue weighted by Crippen LogP contribution is -2.13. The Hall–Kier alpha value is -0.930. The molecule has 0 radical (unpaired) electrons. The van der Waals surface area contributed by atoms with Crippen LogP contribution in [0.2, 0.25) is 0 Å².